The minimum atomic E-state index is -3.58. The van der Waals surface area contributed by atoms with E-state index in [0.717, 1.165) is 0 Å². The van der Waals surface area contributed by atoms with Gasteiger partial charge in [-0.25, -0.2) is 0 Å². The summed E-state index contributed by atoms with van der Waals surface area (Å²) >= 11 is 4.50. The minimum Gasteiger partial charge on any atom is -0.481 e. The zero-order chi connectivity index (χ0) is 12.1. The molecule has 0 aliphatic heterocycles. The van der Waals surface area contributed by atoms with E-state index < -0.39 is 42.7 Å². The maximum atomic E-state index is 12.1. The van der Waals surface area contributed by atoms with Crippen molar-refractivity contribution in [1.82, 2.24) is 5.32 Å². The van der Waals surface area contributed by atoms with Crippen molar-refractivity contribution >= 4 is 23.5 Å². The summed E-state index contributed by atoms with van der Waals surface area (Å²) in [5, 5.41) is 15.1. The molecule has 0 saturated heterocycles. The normalized spacial score (nSPS) is 13.3. The van der Waals surface area contributed by atoms with Gasteiger partial charge in [0.2, 0.25) is 5.91 Å². The van der Waals surface area contributed by atoms with Gasteiger partial charge in [-0.15, -0.1) is 0 Å². The van der Waals surface area contributed by atoms with E-state index in [1.165, 1.54) is 0 Å². The Bertz CT molecular complexity index is 244. The molecule has 0 bridgehead atoms. The fourth-order valence-corrected chi connectivity index (χ4v) is 0.849. The van der Waals surface area contributed by atoms with Gasteiger partial charge in [0.1, 0.15) is 0 Å². The monoisotopic (exact) mass is 245 g/mol. The van der Waals surface area contributed by atoms with E-state index in [4.69, 9.17) is 10.2 Å². The molecule has 0 heterocycles. The molecule has 0 saturated carbocycles. The number of carbonyl (C=O) groups excluding carboxylic acids is 1. The quantitative estimate of drug-likeness (QED) is 0.576. The number of carboxylic acids is 1. The second-order valence-corrected chi connectivity index (χ2v) is 3.36. The van der Waals surface area contributed by atoms with Gasteiger partial charge in [0.25, 0.3) is 0 Å². The number of aliphatic hydroxyl groups is 1. The number of aliphatic hydroxyl groups excluding tert-OH is 1. The van der Waals surface area contributed by atoms with Crippen LogP contribution in [0.15, 0.2) is 0 Å². The Balaban J connectivity index is 4.11. The van der Waals surface area contributed by atoms with E-state index >= 15 is 0 Å². The zero-order valence-corrected chi connectivity index (χ0v) is 8.30. The van der Waals surface area contributed by atoms with Crippen molar-refractivity contribution in [3.63, 3.8) is 0 Å². The second-order valence-electron chi connectivity index (χ2n) is 2.81. The highest BCUT2D eigenvalue weighted by atomic mass is 35.5. The summed E-state index contributed by atoms with van der Waals surface area (Å²) in [6.07, 6.45) is -0.629. The van der Waals surface area contributed by atoms with Crippen LogP contribution in [0.25, 0.3) is 0 Å². The predicted molar refractivity (Wildman–Crippen MR) is 46.6 cm³/mol. The maximum Gasteiger partial charge on any atom is 0.338 e. The van der Waals surface area contributed by atoms with E-state index in [9.17, 15) is 18.4 Å². The van der Waals surface area contributed by atoms with Crippen molar-refractivity contribution in [3.8, 4) is 0 Å². The van der Waals surface area contributed by atoms with Crippen LogP contribution in [0.3, 0.4) is 0 Å². The summed E-state index contributed by atoms with van der Waals surface area (Å²) < 4.78 is 24.2. The van der Waals surface area contributed by atoms with Crippen molar-refractivity contribution in [2.24, 2.45) is 5.92 Å². The number of hydrogen-bond donors (Lipinski definition) is 3. The molecule has 0 aliphatic rings. The van der Waals surface area contributed by atoms with E-state index in [-0.39, 0.29) is 0 Å². The molecular formula is C7H10ClF2NO4. The summed E-state index contributed by atoms with van der Waals surface area (Å²) in [6.45, 7) is -1.84. The highest BCUT2D eigenvalue weighted by Gasteiger charge is 2.28. The van der Waals surface area contributed by atoms with Gasteiger partial charge >= 0.3 is 11.4 Å². The third-order valence-corrected chi connectivity index (χ3v) is 1.61. The van der Waals surface area contributed by atoms with Gasteiger partial charge in [0, 0.05) is 0 Å². The molecule has 0 aromatic rings. The molecule has 0 rings (SSSR count). The van der Waals surface area contributed by atoms with Crippen LogP contribution < -0.4 is 5.32 Å². The predicted octanol–water partition coefficient (Wildman–Crippen LogP) is 0.0174. The molecule has 0 aromatic heterocycles. The lowest BCUT2D eigenvalue weighted by Crippen LogP contribution is -2.39. The number of hydrogen-bond acceptors (Lipinski definition) is 3. The molecule has 88 valence electrons. The van der Waals surface area contributed by atoms with Gasteiger partial charge in [0.15, 0.2) is 0 Å². The number of amides is 1. The smallest absolute Gasteiger partial charge is 0.338 e. The molecule has 0 aliphatic carbocycles. The van der Waals surface area contributed by atoms with Crippen molar-refractivity contribution in [2.75, 3.05) is 13.2 Å². The van der Waals surface area contributed by atoms with E-state index in [1.807, 2.05) is 0 Å². The summed E-state index contributed by atoms with van der Waals surface area (Å²) in [5.74, 6) is -3.52. The Morgan fingerprint density at radius 3 is 2.33 bits per heavy atom. The molecular weight excluding hydrogens is 236 g/mol. The Morgan fingerprint density at radius 2 is 2.00 bits per heavy atom. The van der Waals surface area contributed by atoms with Crippen LogP contribution in [0.4, 0.5) is 8.78 Å². The van der Waals surface area contributed by atoms with Gasteiger partial charge in [0.05, 0.1) is 25.5 Å². The van der Waals surface area contributed by atoms with Crippen molar-refractivity contribution in [1.29, 1.82) is 0 Å². The number of rotatable bonds is 6. The zero-order valence-electron chi connectivity index (χ0n) is 7.54. The van der Waals surface area contributed by atoms with Crippen LogP contribution in [0.2, 0.25) is 0 Å². The fraction of sp³-hybridized carbons (Fsp3) is 0.714. The van der Waals surface area contributed by atoms with Crippen molar-refractivity contribution in [3.05, 3.63) is 0 Å². The molecule has 5 nitrogen and oxygen atoms in total. The first kappa shape index (κ1) is 14.1. The van der Waals surface area contributed by atoms with Crippen LogP contribution in [-0.2, 0) is 9.59 Å². The number of carbonyl (C=O) groups is 2. The molecule has 1 amide bonds. The molecule has 0 radical (unpaired) electrons. The maximum absolute atomic E-state index is 12.1. The highest BCUT2D eigenvalue weighted by molar-refractivity contribution is 6.22. The summed E-state index contributed by atoms with van der Waals surface area (Å²) in [7, 11) is 0. The number of aliphatic carboxylic acids is 1. The Kier molecular flexibility index (Phi) is 5.45. The van der Waals surface area contributed by atoms with Crippen LogP contribution in [0, 0.1) is 5.92 Å². The lowest BCUT2D eigenvalue weighted by atomic mass is 10.1. The summed E-state index contributed by atoms with van der Waals surface area (Å²) in [4.78, 5) is 21.2. The largest absolute Gasteiger partial charge is 0.481 e. The first-order chi connectivity index (χ1) is 6.76. The SMILES string of the molecule is O=C(O)CC(CO)C(=O)NCC(F)(F)Cl. The molecule has 0 fully saturated rings. The van der Waals surface area contributed by atoms with Gasteiger partial charge in [-0.1, -0.05) is 0 Å². The van der Waals surface area contributed by atoms with Gasteiger partial charge < -0.3 is 15.5 Å². The third-order valence-electron chi connectivity index (χ3n) is 1.48. The number of nitrogens with one attached hydrogen (secondary N) is 1. The van der Waals surface area contributed by atoms with Crippen molar-refractivity contribution < 1.29 is 28.6 Å². The molecule has 3 N–H and O–H groups in total. The first-order valence-electron chi connectivity index (χ1n) is 3.93. The molecule has 0 spiro atoms. The van der Waals surface area contributed by atoms with E-state index in [1.54, 1.807) is 5.32 Å². The number of alkyl halides is 3. The number of halogens is 3. The van der Waals surface area contributed by atoms with Crippen LogP contribution >= 0.6 is 11.6 Å². The average molecular weight is 246 g/mol. The van der Waals surface area contributed by atoms with E-state index in [0.29, 0.717) is 0 Å². The van der Waals surface area contributed by atoms with Crippen LogP contribution in [0.1, 0.15) is 6.42 Å². The summed E-state index contributed by atoms with van der Waals surface area (Å²) in [6, 6.07) is 0. The minimum absolute atomic E-state index is 0.629. The molecule has 15 heavy (non-hydrogen) atoms. The number of carboxylic acid groups (broad SMARTS) is 1. The fourth-order valence-electron chi connectivity index (χ4n) is 0.783. The topological polar surface area (TPSA) is 86.6 Å². The van der Waals surface area contributed by atoms with Gasteiger partial charge in [-0.2, -0.15) is 8.78 Å². The average Bonchev–Trinajstić information content (AvgIpc) is 2.08. The van der Waals surface area contributed by atoms with Crippen molar-refractivity contribution in [2.45, 2.75) is 11.8 Å². The van der Waals surface area contributed by atoms with E-state index in [2.05, 4.69) is 11.6 Å². The highest BCUT2D eigenvalue weighted by Crippen LogP contribution is 2.16. The molecule has 1 atom stereocenters. The lowest BCUT2D eigenvalue weighted by molar-refractivity contribution is -0.142. The molecule has 1 unspecified atom stereocenters. The standard InChI is InChI=1S/C7H10ClF2NO4/c8-7(9,10)3-11-6(15)4(2-12)1-5(13)14/h4,12H,1-3H2,(H,11,15)(H,13,14). The lowest BCUT2D eigenvalue weighted by Gasteiger charge is -2.14. The Labute approximate surface area is 89.0 Å². The van der Waals surface area contributed by atoms with Crippen LogP contribution in [-0.4, -0.2) is 40.6 Å². The van der Waals surface area contributed by atoms with Crippen LogP contribution in [0.5, 0.6) is 0 Å². The third kappa shape index (κ3) is 7.03. The van der Waals surface area contributed by atoms with Gasteiger partial charge in [-0.3, -0.25) is 9.59 Å². The molecule has 0 aromatic carbocycles. The first-order valence-corrected chi connectivity index (χ1v) is 4.31. The Morgan fingerprint density at radius 1 is 1.47 bits per heavy atom. The Hall–Kier alpha value is -0.950. The second kappa shape index (κ2) is 5.82. The summed E-state index contributed by atoms with van der Waals surface area (Å²) in [5.41, 5.74) is 0. The van der Waals surface area contributed by atoms with Gasteiger partial charge in [-0.05, 0) is 11.6 Å². The molecule has 8 heteroatoms.